The first-order valence-corrected chi connectivity index (χ1v) is 8.85. The van der Waals surface area contributed by atoms with E-state index in [1.165, 1.54) is 22.3 Å². The van der Waals surface area contributed by atoms with Crippen LogP contribution in [0.3, 0.4) is 0 Å². The maximum Gasteiger partial charge on any atom is 0.118 e. The van der Waals surface area contributed by atoms with Crippen LogP contribution in [0.2, 0.25) is 0 Å². The van der Waals surface area contributed by atoms with Crippen LogP contribution < -0.4 is 4.74 Å². The molecule has 0 saturated carbocycles. The summed E-state index contributed by atoms with van der Waals surface area (Å²) >= 11 is 0. The van der Waals surface area contributed by atoms with E-state index >= 15 is 0 Å². The minimum atomic E-state index is 0.313. The lowest BCUT2D eigenvalue weighted by atomic mass is 9.88. The highest BCUT2D eigenvalue weighted by Gasteiger charge is 2.28. The van der Waals surface area contributed by atoms with Gasteiger partial charge in [0, 0.05) is 13.1 Å². The van der Waals surface area contributed by atoms with Crippen LogP contribution >= 0.6 is 0 Å². The van der Waals surface area contributed by atoms with Crippen molar-refractivity contribution in [1.82, 2.24) is 4.90 Å². The Morgan fingerprint density at radius 1 is 0.880 bits per heavy atom. The highest BCUT2D eigenvalue weighted by molar-refractivity contribution is 5.40. The second kappa shape index (κ2) is 7.12. The van der Waals surface area contributed by atoms with Gasteiger partial charge >= 0.3 is 0 Å². The van der Waals surface area contributed by atoms with Crippen molar-refractivity contribution in [2.75, 3.05) is 13.7 Å². The second-order valence-corrected chi connectivity index (χ2v) is 6.58. The van der Waals surface area contributed by atoms with Crippen LogP contribution in [0.15, 0.2) is 78.9 Å². The van der Waals surface area contributed by atoms with Crippen molar-refractivity contribution in [1.29, 1.82) is 0 Å². The molecule has 0 aromatic heterocycles. The summed E-state index contributed by atoms with van der Waals surface area (Å²) in [7, 11) is 1.71. The first-order valence-electron chi connectivity index (χ1n) is 8.85. The van der Waals surface area contributed by atoms with Crippen LogP contribution in [-0.2, 0) is 13.0 Å². The van der Waals surface area contributed by atoms with Gasteiger partial charge in [0.15, 0.2) is 0 Å². The van der Waals surface area contributed by atoms with E-state index in [0.717, 1.165) is 25.3 Å². The van der Waals surface area contributed by atoms with Crippen LogP contribution in [-0.4, -0.2) is 18.6 Å². The summed E-state index contributed by atoms with van der Waals surface area (Å²) in [5, 5.41) is 0. The third kappa shape index (κ3) is 3.31. The lowest BCUT2D eigenvalue weighted by molar-refractivity contribution is 0.204. The summed E-state index contributed by atoms with van der Waals surface area (Å²) < 4.78 is 5.28. The Labute approximate surface area is 149 Å². The molecule has 126 valence electrons. The van der Waals surface area contributed by atoms with E-state index in [4.69, 9.17) is 4.74 Å². The molecule has 1 aliphatic heterocycles. The normalized spacial score (nSPS) is 17.1. The van der Waals surface area contributed by atoms with Crippen LogP contribution in [0.4, 0.5) is 0 Å². The van der Waals surface area contributed by atoms with Crippen molar-refractivity contribution < 1.29 is 4.74 Å². The van der Waals surface area contributed by atoms with E-state index in [1.54, 1.807) is 7.11 Å². The zero-order valence-electron chi connectivity index (χ0n) is 14.6. The molecular formula is C23H23NO. The standard InChI is InChI=1S/C23H23NO/c1-25-21-13-11-18(12-14-21)17-24-16-15-19-7-5-6-10-22(19)23(24)20-8-3-2-4-9-20/h2-14,23H,15-17H2,1H3/t23-/m1/s1. The number of rotatable bonds is 4. The number of benzene rings is 3. The van der Waals surface area contributed by atoms with Gasteiger partial charge in [0.05, 0.1) is 13.2 Å². The van der Waals surface area contributed by atoms with Crippen LogP contribution in [0.25, 0.3) is 0 Å². The fourth-order valence-corrected chi connectivity index (χ4v) is 3.78. The van der Waals surface area contributed by atoms with Crippen molar-refractivity contribution in [3.8, 4) is 5.75 Å². The summed E-state index contributed by atoms with van der Waals surface area (Å²) in [5.74, 6) is 0.910. The smallest absolute Gasteiger partial charge is 0.118 e. The number of nitrogens with zero attached hydrogens (tertiary/aromatic N) is 1. The molecule has 0 bridgehead atoms. The summed E-state index contributed by atoms with van der Waals surface area (Å²) in [4.78, 5) is 2.58. The predicted molar refractivity (Wildman–Crippen MR) is 102 cm³/mol. The number of hydrogen-bond acceptors (Lipinski definition) is 2. The lowest BCUT2D eigenvalue weighted by Crippen LogP contribution is -2.35. The molecule has 0 spiro atoms. The van der Waals surface area contributed by atoms with Gasteiger partial charge in [0.25, 0.3) is 0 Å². The van der Waals surface area contributed by atoms with Gasteiger partial charge in [-0.2, -0.15) is 0 Å². The third-order valence-electron chi connectivity index (χ3n) is 5.04. The Morgan fingerprint density at radius 2 is 1.60 bits per heavy atom. The Hall–Kier alpha value is -2.58. The molecule has 0 fully saturated rings. The Bertz CT molecular complexity index is 826. The fraction of sp³-hybridized carbons (Fsp3) is 0.217. The fourth-order valence-electron chi connectivity index (χ4n) is 3.78. The topological polar surface area (TPSA) is 12.5 Å². The summed E-state index contributed by atoms with van der Waals surface area (Å²) in [6, 6.07) is 28.5. The van der Waals surface area contributed by atoms with Gasteiger partial charge in [-0.3, -0.25) is 4.90 Å². The van der Waals surface area contributed by atoms with Crippen LogP contribution in [0.1, 0.15) is 28.3 Å². The molecule has 2 nitrogen and oxygen atoms in total. The van der Waals surface area contributed by atoms with Crippen LogP contribution in [0, 0.1) is 0 Å². The molecule has 1 atom stereocenters. The highest BCUT2D eigenvalue weighted by Crippen LogP contribution is 2.36. The minimum absolute atomic E-state index is 0.313. The van der Waals surface area contributed by atoms with E-state index in [9.17, 15) is 0 Å². The minimum Gasteiger partial charge on any atom is -0.497 e. The molecule has 0 radical (unpaired) electrons. The van der Waals surface area contributed by atoms with Crippen molar-refractivity contribution in [2.24, 2.45) is 0 Å². The zero-order chi connectivity index (χ0) is 17.1. The molecule has 2 heteroatoms. The molecule has 0 N–H and O–H groups in total. The van der Waals surface area contributed by atoms with Gasteiger partial charge in [-0.1, -0.05) is 66.7 Å². The molecule has 25 heavy (non-hydrogen) atoms. The summed E-state index contributed by atoms with van der Waals surface area (Å²) in [5.41, 5.74) is 5.60. The molecule has 1 heterocycles. The van der Waals surface area contributed by atoms with E-state index in [2.05, 4.69) is 71.6 Å². The van der Waals surface area contributed by atoms with E-state index in [1.807, 2.05) is 12.1 Å². The molecule has 4 rings (SSSR count). The average Bonchev–Trinajstić information content (AvgIpc) is 2.69. The van der Waals surface area contributed by atoms with Crippen molar-refractivity contribution in [2.45, 2.75) is 19.0 Å². The number of ether oxygens (including phenoxy) is 1. The monoisotopic (exact) mass is 329 g/mol. The Kier molecular flexibility index (Phi) is 4.53. The number of methoxy groups -OCH3 is 1. The molecule has 0 amide bonds. The average molecular weight is 329 g/mol. The van der Waals surface area contributed by atoms with Gasteiger partial charge in [0.1, 0.15) is 5.75 Å². The molecule has 1 aliphatic rings. The largest absolute Gasteiger partial charge is 0.497 e. The zero-order valence-corrected chi connectivity index (χ0v) is 14.6. The summed E-state index contributed by atoms with van der Waals surface area (Å²) in [6.45, 7) is 2.01. The van der Waals surface area contributed by atoms with Gasteiger partial charge in [0.2, 0.25) is 0 Å². The molecular weight excluding hydrogens is 306 g/mol. The van der Waals surface area contributed by atoms with Gasteiger partial charge in [-0.25, -0.2) is 0 Å². The van der Waals surface area contributed by atoms with Crippen molar-refractivity contribution in [3.05, 3.63) is 101 Å². The highest BCUT2D eigenvalue weighted by atomic mass is 16.5. The number of hydrogen-bond donors (Lipinski definition) is 0. The van der Waals surface area contributed by atoms with Gasteiger partial charge < -0.3 is 4.74 Å². The SMILES string of the molecule is COc1ccc(CN2CCc3ccccc3[C@H]2c2ccccc2)cc1. The molecule has 3 aromatic carbocycles. The van der Waals surface area contributed by atoms with E-state index in [-0.39, 0.29) is 0 Å². The second-order valence-electron chi connectivity index (χ2n) is 6.58. The molecule has 0 unspecified atom stereocenters. The molecule has 3 aromatic rings. The maximum absolute atomic E-state index is 5.28. The first kappa shape index (κ1) is 15.9. The quantitative estimate of drug-likeness (QED) is 0.679. The Balaban J connectivity index is 1.68. The van der Waals surface area contributed by atoms with Crippen molar-refractivity contribution >= 4 is 0 Å². The van der Waals surface area contributed by atoms with Crippen LogP contribution in [0.5, 0.6) is 5.75 Å². The van der Waals surface area contributed by atoms with E-state index < -0.39 is 0 Å². The van der Waals surface area contributed by atoms with Gasteiger partial charge in [-0.15, -0.1) is 0 Å². The predicted octanol–water partition coefficient (Wildman–Crippen LogP) is 4.84. The third-order valence-corrected chi connectivity index (χ3v) is 5.04. The Morgan fingerprint density at radius 3 is 2.36 bits per heavy atom. The lowest BCUT2D eigenvalue weighted by Gasteiger charge is -2.38. The first-order chi connectivity index (χ1) is 12.3. The summed E-state index contributed by atoms with van der Waals surface area (Å²) in [6.07, 6.45) is 1.11. The maximum atomic E-state index is 5.28. The molecule has 0 saturated heterocycles. The van der Waals surface area contributed by atoms with Crippen molar-refractivity contribution in [3.63, 3.8) is 0 Å². The van der Waals surface area contributed by atoms with E-state index in [0.29, 0.717) is 6.04 Å². The van der Waals surface area contributed by atoms with Gasteiger partial charge in [-0.05, 0) is 40.8 Å². The number of fused-ring (bicyclic) bond motifs is 1. The molecule has 0 aliphatic carbocycles.